The van der Waals surface area contributed by atoms with Gasteiger partial charge in [-0.05, 0) is 56.5 Å². The molecule has 0 bridgehead atoms. The molecule has 6 heteroatoms. The van der Waals surface area contributed by atoms with Crippen LogP contribution in [0.2, 0.25) is 0 Å². The van der Waals surface area contributed by atoms with E-state index in [1.54, 1.807) is 0 Å². The third-order valence-electron chi connectivity index (χ3n) is 4.77. The van der Waals surface area contributed by atoms with Crippen LogP contribution in [-0.2, 0) is 15.0 Å². The van der Waals surface area contributed by atoms with Gasteiger partial charge in [0, 0.05) is 0 Å². The second-order valence-corrected chi connectivity index (χ2v) is 7.07. The number of hydrogen-bond acceptors (Lipinski definition) is 3. The second-order valence-electron chi connectivity index (χ2n) is 7.07. The minimum absolute atomic E-state index is 0.169. The molecule has 0 saturated heterocycles. The van der Waals surface area contributed by atoms with Crippen molar-refractivity contribution in [2.45, 2.75) is 38.2 Å². The van der Waals surface area contributed by atoms with Crippen molar-refractivity contribution < 1.29 is 23.8 Å². The molecule has 0 aromatic heterocycles. The monoisotopic (exact) mass is 371 g/mol. The summed E-state index contributed by atoms with van der Waals surface area (Å²) in [6, 6.07) is 11.1. The number of benzene rings is 2. The quantitative estimate of drug-likeness (QED) is 0.784. The Labute approximate surface area is 157 Å². The lowest BCUT2D eigenvalue weighted by Crippen LogP contribution is -2.44. The third-order valence-corrected chi connectivity index (χ3v) is 4.77. The van der Waals surface area contributed by atoms with Crippen molar-refractivity contribution >= 4 is 11.9 Å². The van der Waals surface area contributed by atoms with Crippen LogP contribution in [0.1, 0.15) is 29.5 Å². The van der Waals surface area contributed by atoms with Crippen LogP contribution in [0.25, 0.3) is 0 Å². The van der Waals surface area contributed by atoms with Gasteiger partial charge in [0.15, 0.2) is 0 Å². The fourth-order valence-corrected chi connectivity index (χ4v) is 3.23. The van der Waals surface area contributed by atoms with E-state index in [1.165, 1.54) is 24.3 Å². The summed E-state index contributed by atoms with van der Waals surface area (Å²) in [6.07, 6.45) is 0.214. The van der Waals surface area contributed by atoms with Crippen LogP contribution in [0, 0.1) is 19.7 Å². The highest BCUT2D eigenvalue weighted by Gasteiger charge is 2.51. The van der Waals surface area contributed by atoms with E-state index in [4.69, 9.17) is 4.74 Å². The van der Waals surface area contributed by atoms with Crippen molar-refractivity contribution in [2.75, 3.05) is 6.54 Å². The fraction of sp³-hybridized carbons (Fsp3) is 0.333. The van der Waals surface area contributed by atoms with Crippen LogP contribution in [0.15, 0.2) is 42.5 Å². The number of amides is 1. The summed E-state index contributed by atoms with van der Waals surface area (Å²) < 4.78 is 18.3. The predicted molar refractivity (Wildman–Crippen MR) is 98.3 cm³/mol. The van der Waals surface area contributed by atoms with Crippen LogP contribution in [-0.4, -0.2) is 29.6 Å². The zero-order valence-electron chi connectivity index (χ0n) is 15.3. The van der Waals surface area contributed by atoms with Crippen LogP contribution in [0.4, 0.5) is 4.39 Å². The topological polar surface area (TPSA) is 75.6 Å². The number of aliphatic carboxylic acids is 1. The highest BCUT2D eigenvalue weighted by Crippen LogP contribution is 2.48. The molecular weight excluding hydrogens is 349 g/mol. The number of nitrogens with one attached hydrogen (secondary N) is 1. The van der Waals surface area contributed by atoms with Gasteiger partial charge in [-0.15, -0.1) is 0 Å². The van der Waals surface area contributed by atoms with Crippen molar-refractivity contribution in [1.29, 1.82) is 0 Å². The fourth-order valence-electron chi connectivity index (χ4n) is 3.23. The number of ether oxygens (including phenoxy) is 1. The molecule has 1 amide bonds. The number of carboxylic acids is 1. The van der Waals surface area contributed by atoms with Crippen molar-refractivity contribution in [2.24, 2.45) is 0 Å². The molecule has 1 fully saturated rings. The van der Waals surface area contributed by atoms with Gasteiger partial charge in [-0.25, -0.2) is 9.18 Å². The molecule has 0 aliphatic heterocycles. The molecule has 27 heavy (non-hydrogen) atoms. The van der Waals surface area contributed by atoms with Gasteiger partial charge >= 0.3 is 5.97 Å². The van der Waals surface area contributed by atoms with E-state index >= 15 is 0 Å². The number of rotatable bonds is 7. The number of carboxylic acid groups (broad SMARTS) is 1. The van der Waals surface area contributed by atoms with Gasteiger partial charge in [-0.1, -0.05) is 29.3 Å². The first-order valence-corrected chi connectivity index (χ1v) is 8.82. The number of hydrogen-bond donors (Lipinski definition) is 2. The molecule has 3 rings (SSSR count). The van der Waals surface area contributed by atoms with Gasteiger partial charge in [0.1, 0.15) is 11.6 Å². The average molecular weight is 371 g/mol. The van der Waals surface area contributed by atoms with E-state index < -0.39 is 23.3 Å². The van der Waals surface area contributed by atoms with Gasteiger partial charge in [0.2, 0.25) is 12.0 Å². The smallest absolute Gasteiger partial charge is 0.346 e. The largest absolute Gasteiger partial charge is 0.478 e. The highest BCUT2D eigenvalue weighted by atomic mass is 19.1. The van der Waals surface area contributed by atoms with Gasteiger partial charge in [0.25, 0.3) is 0 Å². The van der Waals surface area contributed by atoms with Crippen LogP contribution in [0.5, 0.6) is 5.75 Å². The van der Waals surface area contributed by atoms with Crippen LogP contribution < -0.4 is 10.1 Å². The Morgan fingerprint density at radius 1 is 1.15 bits per heavy atom. The molecule has 1 aliphatic carbocycles. The Hall–Kier alpha value is -2.89. The molecule has 2 N–H and O–H groups in total. The summed E-state index contributed by atoms with van der Waals surface area (Å²) in [6.45, 7) is 3.81. The van der Waals surface area contributed by atoms with Gasteiger partial charge in [-0.2, -0.15) is 0 Å². The standard InChI is InChI=1S/C21H22FNO4/c1-13-9-14(2)11-15(10-13)21(7-8-21)20(26)23-12-18(19(24)25)27-17-5-3-16(22)4-6-17/h3-6,9-11,18H,7-8,12H2,1-2H3,(H,23,26)(H,24,25). The SMILES string of the molecule is Cc1cc(C)cc(C2(C(=O)NCC(Oc3ccc(F)cc3)C(=O)O)CC2)c1. The van der Waals surface area contributed by atoms with E-state index in [-0.39, 0.29) is 18.2 Å². The molecule has 0 heterocycles. The van der Waals surface area contributed by atoms with Gasteiger partial charge in [0.05, 0.1) is 12.0 Å². The van der Waals surface area contributed by atoms with Crippen molar-refractivity contribution in [3.8, 4) is 5.75 Å². The summed E-state index contributed by atoms with van der Waals surface area (Å²) in [7, 11) is 0. The number of aryl methyl sites for hydroxylation is 2. The zero-order chi connectivity index (χ0) is 19.6. The summed E-state index contributed by atoms with van der Waals surface area (Å²) in [5, 5.41) is 12.1. The molecule has 2 aromatic rings. The predicted octanol–water partition coefficient (Wildman–Crippen LogP) is 3.12. The van der Waals surface area contributed by atoms with Crippen molar-refractivity contribution in [1.82, 2.24) is 5.32 Å². The van der Waals surface area contributed by atoms with Crippen molar-refractivity contribution in [3.05, 3.63) is 65.0 Å². The molecule has 142 valence electrons. The molecule has 0 radical (unpaired) electrons. The lowest BCUT2D eigenvalue weighted by molar-refractivity contribution is -0.145. The molecule has 1 aliphatic rings. The van der Waals surface area contributed by atoms with Gasteiger partial charge < -0.3 is 15.2 Å². The van der Waals surface area contributed by atoms with E-state index in [0.29, 0.717) is 0 Å². The molecule has 0 spiro atoms. The Kier molecular flexibility index (Phi) is 5.17. The minimum Gasteiger partial charge on any atom is -0.478 e. The molecule has 1 unspecified atom stereocenters. The second kappa shape index (κ2) is 7.39. The third kappa shape index (κ3) is 4.27. The minimum atomic E-state index is -1.26. The molecule has 1 atom stereocenters. The summed E-state index contributed by atoms with van der Waals surface area (Å²) in [5.74, 6) is -1.60. The maximum absolute atomic E-state index is 13.0. The Bertz CT molecular complexity index is 839. The Balaban J connectivity index is 1.67. The number of carbonyl (C=O) groups excluding carboxylic acids is 1. The normalized spacial score (nSPS) is 15.7. The Morgan fingerprint density at radius 2 is 1.74 bits per heavy atom. The van der Waals surface area contributed by atoms with E-state index in [9.17, 15) is 19.1 Å². The van der Waals surface area contributed by atoms with Crippen LogP contribution >= 0.6 is 0 Å². The van der Waals surface area contributed by atoms with Crippen molar-refractivity contribution in [3.63, 3.8) is 0 Å². The zero-order valence-corrected chi connectivity index (χ0v) is 15.3. The maximum atomic E-state index is 13.0. The van der Waals surface area contributed by atoms with E-state index in [0.717, 1.165) is 29.5 Å². The van der Waals surface area contributed by atoms with Gasteiger partial charge in [-0.3, -0.25) is 4.79 Å². The Morgan fingerprint density at radius 3 is 2.26 bits per heavy atom. The lowest BCUT2D eigenvalue weighted by atomic mass is 9.92. The first-order valence-electron chi connectivity index (χ1n) is 8.82. The molecule has 2 aromatic carbocycles. The highest BCUT2D eigenvalue weighted by molar-refractivity contribution is 5.91. The average Bonchev–Trinajstić information content (AvgIpc) is 3.41. The van der Waals surface area contributed by atoms with Crippen LogP contribution in [0.3, 0.4) is 0 Å². The first-order chi connectivity index (χ1) is 12.8. The number of carbonyl (C=O) groups is 2. The lowest BCUT2D eigenvalue weighted by Gasteiger charge is -2.20. The molecule has 5 nitrogen and oxygen atoms in total. The summed E-state index contributed by atoms with van der Waals surface area (Å²) >= 11 is 0. The molecular formula is C21H22FNO4. The summed E-state index contributed by atoms with van der Waals surface area (Å²) in [5.41, 5.74) is 2.55. The first kappa shape index (κ1) is 18.9. The maximum Gasteiger partial charge on any atom is 0.346 e. The van der Waals surface area contributed by atoms with E-state index in [2.05, 4.69) is 11.4 Å². The number of halogens is 1. The van der Waals surface area contributed by atoms with E-state index in [1.807, 2.05) is 26.0 Å². The summed E-state index contributed by atoms with van der Waals surface area (Å²) in [4.78, 5) is 24.2. The molecule has 1 saturated carbocycles.